The number of cyclic esters (lactones) is 1. The summed E-state index contributed by atoms with van der Waals surface area (Å²) in [5, 5.41) is 2.65. The number of amides is 2. The summed E-state index contributed by atoms with van der Waals surface area (Å²) >= 11 is 0. The maximum absolute atomic E-state index is 12.7. The summed E-state index contributed by atoms with van der Waals surface area (Å²) < 4.78 is 4.94. The summed E-state index contributed by atoms with van der Waals surface area (Å²) in [5.74, 6) is 0.598. The van der Waals surface area contributed by atoms with E-state index in [4.69, 9.17) is 4.74 Å². The molecule has 1 aliphatic carbocycles. The van der Waals surface area contributed by atoms with Crippen LogP contribution in [0.5, 0.6) is 0 Å². The number of carbonyl (C=O) groups is 2. The van der Waals surface area contributed by atoms with Gasteiger partial charge in [0.2, 0.25) is 5.91 Å². The molecule has 1 saturated carbocycles. The summed E-state index contributed by atoms with van der Waals surface area (Å²) in [6.45, 7) is 2.37. The van der Waals surface area contributed by atoms with Gasteiger partial charge in [-0.25, -0.2) is 4.79 Å². The lowest BCUT2D eigenvalue weighted by atomic mass is 9.95. The Balaban J connectivity index is 1.45. The molecular formula is C17H20N2O3. The van der Waals surface area contributed by atoms with Crippen LogP contribution in [0.3, 0.4) is 0 Å². The van der Waals surface area contributed by atoms with Gasteiger partial charge < -0.3 is 15.0 Å². The van der Waals surface area contributed by atoms with Gasteiger partial charge in [-0.05, 0) is 24.3 Å². The van der Waals surface area contributed by atoms with Crippen molar-refractivity contribution in [2.45, 2.75) is 18.3 Å². The zero-order valence-electron chi connectivity index (χ0n) is 12.5. The molecule has 2 unspecified atom stereocenters. The molecule has 1 aromatic carbocycles. The Hall–Kier alpha value is -2.04. The van der Waals surface area contributed by atoms with Gasteiger partial charge in [-0.1, -0.05) is 30.3 Å². The summed E-state index contributed by atoms with van der Waals surface area (Å²) in [6.07, 6.45) is 1.38. The molecule has 0 aromatic heterocycles. The predicted octanol–water partition coefficient (Wildman–Crippen LogP) is 1.53. The molecule has 4 rings (SSSR count). The molecule has 22 heavy (non-hydrogen) atoms. The average Bonchev–Trinajstić information content (AvgIpc) is 3.19. The predicted molar refractivity (Wildman–Crippen MR) is 80.3 cm³/mol. The van der Waals surface area contributed by atoms with Crippen LogP contribution >= 0.6 is 0 Å². The van der Waals surface area contributed by atoms with E-state index in [0.717, 1.165) is 13.1 Å². The average molecular weight is 300 g/mol. The SMILES string of the molecule is O=C1NC[C@H](C(=O)N2CC3CC3(c3ccccc3)C2)CCO1. The van der Waals surface area contributed by atoms with Crippen molar-refractivity contribution >= 4 is 12.0 Å². The molecular weight excluding hydrogens is 280 g/mol. The van der Waals surface area contributed by atoms with E-state index < -0.39 is 6.09 Å². The van der Waals surface area contributed by atoms with E-state index in [2.05, 4.69) is 29.6 Å². The quantitative estimate of drug-likeness (QED) is 0.901. The maximum atomic E-state index is 12.7. The smallest absolute Gasteiger partial charge is 0.407 e. The second-order valence-electron chi connectivity index (χ2n) is 6.64. The molecule has 3 aliphatic rings. The highest BCUT2D eigenvalue weighted by atomic mass is 16.5. The second kappa shape index (κ2) is 5.00. The highest BCUT2D eigenvalue weighted by Crippen LogP contribution is 2.59. The molecule has 0 bridgehead atoms. The van der Waals surface area contributed by atoms with Crippen molar-refractivity contribution in [2.24, 2.45) is 11.8 Å². The minimum Gasteiger partial charge on any atom is -0.450 e. The van der Waals surface area contributed by atoms with E-state index in [1.54, 1.807) is 0 Å². The number of hydrogen-bond acceptors (Lipinski definition) is 3. The largest absolute Gasteiger partial charge is 0.450 e. The van der Waals surface area contributed by atoms with Crippen molar-refractivity contribution in [1.82, 2.24) is 10.2 Å². The van der Waals surface area contributed by atoms with Crippen LogP contribution in [-0.4, -0.2) is 43.1 Å². The Morgan fingerprint density at radius 2 is 2.14 bits per heavy atom. The number of rotatable bonds is 2. The van der Waals surface area contributed by atoms with Crippen LogP contribution < -0.4 is 5.32 Å². The van der Waals surface area contributed by atoms with Crippen molar-refractivity contribution in [3.63, 3.8) is 0 Å². The van der Waals surface area contributed by atoms with E-state index in [1.165, 1.54) is 12.0 Å². The molecule has 0 spiro atoms. The fraction of sp³-hybridized carbons (Fsp3) is 0.529. The molecule has 3 atom stereocenters. The third-order valence-corrected chi connectivity index (χ3v) is 5.35. The van der Waals surface area contributed by atoms with Crippen LogP contribution in [0, 0.1) is 11.8 Å². The standard InChI is InChI=1S/C17H20N2O3/c20-15(12-6-7-22-16(21)18-9-12)19-10-14-8-17(14,11-19)13-4-2-1-3-5-13/h1-5,12,14H,6-11H2,(H,18,21)/t12-,14?,17?/m1/s1. The minimum atomic E-state index is -0.416. The Morgan fingerprint density at radius 3 is 2.95 bits per heavy atom. The lowest BCUT2D eigenvalue weighted by Gasteiger charge is -2.25. The summed E-state index contributed by atoms with van der Waals surface area (Å²) in [4.78, 5) is 25.9. The zero-order valence-corrected chi connectivity index (χ0v) is 12.5. The number of nitrogens with zero attached hydrogens (tertiary/aromatic N) is 1. The Labute approximate surface area is 129 Å². The molecule has 5 heteroatoms. The number of likely N-dealkylation sites (tertiary alicyclic amines) is 1. The van der Waals surface area contributed by atoms with Gasteiger partial charge in [-0.15, -0.1) is 0 Å². The van der Waals surface area contributed by atoms with Crippen molar-refractivity contribution in [3.05, 3.63) is 35.9 Å². The number of hydrogen-bond donors (Lipinski definition) is 1. The molecule has 5 nitrogen and oxygen atoms in total. The molecule has 2 heterocycles. The van der Waals surface area contributed by atoms with Crippen molar-refractivity contribution in [1.29, 1.82) is 0 Å². The van der Waals surface area contributed by atoms with E-state index in [-0.39, 0.29) is 17.2 Å². The Kier molecular flexibility index (Phi) is 3.10. The normalized spacial score (nSPS) is 33.5. The molecule has 0 radical (unpaired) electrons. The third-order valence-electron chi connectivity index (χ3n) is 5.35. The van der Waals surface area contributed by atoms with Crippen molar-refractivity contribution < 1.29 is 14.3 Å². The number of benzene rings is 1. The van der Waals surface area contributed by atoms with Crippen LogP contribution in [0.25, 0.3) is 0 Å². The van der Waals surface area contributed by atoms with E-state index in [9.17, 15) is 9.59 Å². The third kappa shape index (κ3) is 2.16. The van der Waals surface area contributed by atoms with Gasteiger partial charge in [-0.2, -0.15) is 0 Å². The van der Waals surface area contributed by atoms with E-state index in [1.807, 2.05) is 11.0 Å². The number of ether oxygens (including phenoxy) is 1. The highest BCUT2D eigenvalue weighted by molar-refractivity contribution is 5.81. The van der Waals surface area contributed by atoms with Gasteiger partial charge in [0.1, 0.15) is 0 Å². The fourth-order valence-electron chi connectivity index (χ4n) is 3.99. The molecule has 3 fully saturated rings. The number of nitrogens with one attached hydrogen (secondary N) is 1. The first-order chi connectivity index (χ1) is 10.7. The van der Waals surface area contributed by atoms with Gasteiger partial charge in [0.25, 0.3) is 0 Å². The van der Waals surface area contributed by atoms with Gasteiger partial charge in [0, 0.05) is 25.0 Å². The summed E-state index contributed by atoms with van der Waals surface area (Å²) in [7, 11) is 0. The van der Waals surface area contributed by atoms with Gasteiger partial charge in [-0.3, -0.25) is 4.79 Å². The maximum Gasteiger partial charge on any atom is 0.407 e. The van der Waals surface area contributed by atoms with Crippen molar-refractivity contribution in [2.75, 3.05) is 26.2 Å². The van der Waals surface area contributed by atoms with Crippen LogP contribution in [-0.2, 0) is 14.9 Å². The molecule has 1 aromatic rings. The molecule has 116 valence electrons. The number of fused-ring (bicyclic) bond motifs is 1. The van der Waals surface area contributed by atoms with Gasteiger partial charge in [0.15, 0.2) is 0 Å². The van der Waals surface area contributed by atoms with Crippen molar-refractivity contribution in [3.8, 4) is 0 Å². The zero-order chi connectivity index (χ0) is 15.2. The monoisotopic (exact) mass is 300 g/mol. The van der Waals surface area contributed by atoms with Crippen LogP contribution in [0.15, 0.2) is 30.3 Å². The first kappa shape index (κ1) is 13.6. The molecule has 2 aliphatic heterocycles. The van der Waals surface area contributed by atoms with Gasteiger partial charge >= 0.3 is 6.09 Å². The van der Waals surface area contributed by atoms with Crippen LogP contribution in [0.4, 0.5) is 4.79 Å². The number of alkyl carbamates (subject to hydrolysis) is 1. The number of carbonyl (C=O) groups excluding carboxylic acids is 2. The lowest BCUT2D eigenvalue weighted by Crippen LogP contribution is -2.41. The first-order valence-corrected chi connectivity index (χ1v) is 7.94. The first-order valence-electron chi connectivity index (χ1n) is 7.94. The summed E-state index contributed by atoms with van der Waals surface area (Å²) in [5.41, 5.74) is 1.54. The van der Waals surface area contributed by atoms with Gasteiger partial charge in [0.05, 0.1) is 12.5 Å². The Morgan fingerprint density at radius 1 is 1.32 bits per heavy atom. The second-order valence-corrected chi connectivity index (χ2v) is 6.64. The van der Waals surface area contributed by atoms with Crippen LogP contribution in [0.2, 0.25) is 0 Å². The van der Waals surface area contributed by atoms with E-state index >= 15 is 0 Å². The lowest BCUT2D eigenvalue weighted by molar-refractivity contribution is -0.135. The van der Waals surface area contributed by atoms with Crippen LogP contribution in [0.1, 0.15) is 18.4 Å². The number of piperidine rings is 1. The summed E-state index contributed by atoms with van der Waals surface area (Å²) in [6, 6.07) is 10.5. The Bertz CT molecular complexity index is 603. The fourth-order valence-corrected chi connectivity index (χ4v) is 3.99. The van der Waals surface area contributed by atoms with E-state index in [0.29, 0.717) is 25.5 Å². The highest BCUT2D eigenvalue weighted by Gasteiger charge is 2.61. The topological polar surface area (TPSA) is 58.6 Å². The molecule has 2 saturated heterocycles. The molecule has 1 N–H and O–H groups in total. The minimum absolute atomic E-state index is 0.156. The molecule has 2 amide bonds.